The highest BCUT2D eigenvalue weighted by Crippen LogP contribution is 2.17. The molecule has 0 unspecified atom stereocenters. The molecule has 5 heteroatoms. The van der Waals surface area contributed by atoms with Gasteiger partial charge in [0.15, 0.2) is 5.60 Å². The number of hydrogen-bond acceptors (Lipinski definition) is 3. The molecule has 0 bridgehead atoms. The summed E-state index contributed by atoms with van der Waals surface area (Å²) in [6.07, 6.45) is 0. The van der Waals surface area contributed by atoms with Gasteiger partial charge in [0.1, 0.15) is 0 Å². The van der Waals surface area contributed by atoms with E-state index in [-0.39, 0.29) is 0 Å². The van der Waals surface area contributed by atoms with Crippen molar-refractivity contribution < 1.29 is 14.3 Å². The van der Waals surface area contributed by atoms with Gasteiger partial charge in [0.25, 0.3) is 5.24 Å². The molecule has 0 atom stereocenters. The van der Waals surface area contributed by atoms with Gasteiger partial charge in [0.2, 0.25) is 0 Å². The van der Waals surface area contributed by atoms with Crippen LogP contribution in [0.3, 0.4) is 0 Å². The van der Waals surface area contributed by atoms with E-state index in [9.17, 15) is 9.59 Å². The number of rotatable bonds is 3. The summed E-state index contributed by atoms with van der Waals surface area (Å²) >= 11 is 11.0. The van der Waals surface area contributed by atoms with Gasteiger partial charge in [0.05, 0.1) is 5.56 Å². The van der Waals surface area contributed by atoms with Crippen LogP contribution in [0, 0.1) is 0 Å². The Morgan fingerprint density at radius 1 is 1.19 bits per heavy atom. The minimum absolute atomic E-state index is 0.315. The van der Waals surface area contributed by atoms with Gasteiger partial charge in [-0.05, 0) is 49.7 Å². The third kappa shape index (κ3) is 3.22. The molecular formula is C11H10Cl2O3. The van der Waals surface area contributed by atoms with Gasteiger partial charge in [-0.2, -0.15) is 0 Å². The highest BCUT2D eigenvalue weighted by atomic mass is 35.5. The summed E-state index contributed by atoms with van der Waals surface area (Å²) in [5.41, 5.74) is -1.02. The van der Waals surface area contributed by atoms with Crippen molar-refractivity contribution in [2.75, 3.05) is 0 Å². The van der Waals surface area contributed by atoms with E-state index in [4.69, 9.17) is 27.9 Å². The van der Waals surface area contributed by atoms with Crippen LogP contribution in [0.25, 0.3) is 0 Å². The van der Waals surface area contributed by atoms with Crippen LogP contribution >= 0.6 is 23.2 Å². The molecule has 0 amide bonds. The molecule has 0 aliphatic carbocycles. The Labute approximate surface area is 103 Å². The summed E-state index contributed by atoms with van der Waals surface area (Å²) in [6, 6.07) is 6.15. The van der Waals surface area contributed by atoms with Crippen LogP contribution in [0.1, 0.15) is 24.2 Å². The second-order valence-corrected chi connectivity index (χ2v) is 4.46. The van der Waals surface area contributed by atoms with Gasteiger partial charge in [-0.3, -0.25) is 4.79 Å². The average Bonchev–Trinajstić information content (AvgIpc) is 2.17. The second kappa shape index (κ2) is 4.85. The SMILES string of the molecule is CC(C)(OC(=O)c1ccc(Cl)cc1)C(=O)Cl. The van der Waals surface area contributed by atoms with Crippen LogP contribution in [0.15, 0.2) is 24.3 Å². The first-order valence-corrected chi connectivity index (χ1v) is 5.27. The molecule has 16 heavy (non-hydrogen) atoms. The monoisotopic (exact) mass is 260 g/mol. The summed E-state index contributed by atoms with van der Waals surface area (Å²) in [7, 11) is 0. The van der Waals surface area contributed by atoms with Crippen LogP contribution in [0.4, 0.5) is 0 Å². The van der Waals surface area contributed by atoms with Crippen molar-refractivity contribution in [3.05, 3.63) is 34.9 Å². The molecular weight excluding hydrogens is 251 g/mol. The molecule has 0 radical (unpaired) electrons. The average molecular weight is 261 g/mol. The molecule has 1 rings (SSSR count). The van der Waals surface area contributed by atoms with Crippen LogP contribution in [0.5, 0.6) is 0 Å². The van der Waals surface area contributed by atoms with Gasteiger partial charge in [-0.15, -0.1) is 0 Å². The maximum atomic E-state index is 11.6. The zero-order valence-corrected chi connectivity index (χ0v) is 10.3. The Hall–Kier alpha value is -1.06. The van der Waals surface area contributed by atoms with Crippen molar-refractivity contribution in [1.29, 1.82) is 0 Å². The summed E-state index contributed by atoms with van der Waals surface area (Å²) in [5, 5.41) is -0.209. The fourth-order valence-corrected chi connectivity index (χ4v) is 1.08. The van der Waals surface area contributed by atoms with Gasteiger partial charge >= 0.3 is 5.97 Å². The van der Waals surface area contributed by atoms with E-state index in [1.807, 2.05) is 0 Å². The number of benzene rings is 1. The third-order valence-electron chi connectivity index (χ3n) is 1.90. The molecule has 0 saturated carbocycles. The van der Waals surface area contributed by atoms with E-state index >= 15 is 0 Å². The molecule has 86 valence electrons. The Kier molecular flexibility index (Phi) is 3.94. The molecule has 0 aliphatic rings. The number of ether oxygens (including phenoxy) is 1. The van der Waals surface area contributed by atoms with Crippen molar-refractivity contribution in [2.45, 2.75) is 19.4 Å². The minimum Gasteiger partial charge on any atom is -0.447 e. The number of carbonyl (C=O) groups excluding carboxylic acids is 2. The fourth-order valence-electron chi connectivity index (χ4n) is 0.917. The lowest BCUT2D eigenvalue weighted by Crippen LogP contribution is -2.34. The van der Waals surface area contributed by atoms with Gasteiger partial charge in [0, 0.05) is 5.02 Å². The molecule has 0 N–H and O–H groups in total. The highest BCUT2D eigenvalue weighted by molar-refractivity contribution is 6.65. The summed E-state index contributed by atoms with van der Waals surface area (Å²) < 4.78 is 4.96. The van der Waals surface area contributed by atoms with Crippen molar-refractivity contribution >= 4 is 34.4 Å². The number of hydrogen-bond donors (Lipinski definition) is 0. The molecule has 0 spiro atoms. The number of halogens is 2. The minimum atomic E-state index is -1.34. The van der Waals surface area contributed by atoms with Crippen molar-refractivity contribution in [2.24, 2.45) is 0 Å². The zero-order chi connectivity index (χ0) is 12.3. The normalized spacial score (nSPS) is 11.0. The van der Waals surface area contributed by atoms with E-state index in [2.05, 4.69) is 0 Å². The molecule has 0 heterocycles. The van der Waals surface area contributed by atoms with Gasteiger partial charge in [-0.25, -0.2) is 4.79 Å². The molecule has 3 nitrogen and oxygen atoms in total. The Morgan fingerprint density at radius 3 is 2.12 bits per heavy atom. The van der Waals surface area contributed by atoms with Crippen LogP contribution in [0.2, 0.25) is 5.02 Å². The summed E-state index contributed by atoms with van der Waals surface area (Å²) in [4.78, 5) is 22.6. The standard InChI is InChI=1S/C11H10Cl2O3/c1-11(2,10(13)15)16-9(14)7-3-5-8(12)6-4-7/h3-6H,1-2H3. The first-order chi connectivity index (χ1) is 7.33. The summed E-state index contributed by atoms with van der Waals surface area (Å²) in [5.74, 6) is -0.615. The Bertz CT molecular complexity index is 410. The predicted molar refractivity (Wildman–Crippen MR) is 61.8 cm³/mol. The van der Waals surface area contributed by atoms with Crippen LogP contribution < -0.4 is 0 Å². The lowest BCUT2D eigenvalue weighted by atomic mass is 10.1. The number of carbonyl (C=O) groups is 2. The fraction of sp³-hybridized carbons (Fsp3) is 0.273. The van der Waals surface area contributed by atoms with Crippen molar-refractivity contribution in [1.82, 2.24) is 0 Å². The molecule has 0 aromatic heterocycles. The van der Waals surface area contributed by atoms with Crippen LogP contribution in [-0.4, -0.2) is 16.8 Å². The lowest BCUT2D eigenvalue weighted by molar-refractivity contribution is -0.126. The summed E-state index contributed by atoms with van der Waals surface area (Å²) in [6.45, 7) is 2.85. The van der Waals surface area contributed by atoms with Crippen molar-refractivity contribution in [3.8, 4) is 0 Å². The molecule has 0 aliphatic heterocycles. The van der Waals surface area contributed by atoms with Gasteiger partial charge < -0.3 is 4.74 Å². The van der Waals surface area contributed by atoms with E-state index in [0.717, 1.165) is 0 Å². The Balaban J connectivity index is 2.81. The maximum Gasteiger partial charge on any atom is 0.339 e. The number of esters is 1. The van der Waals surface area contributed by atoms with E-state index < -0.39 is 16.8 Å². The quantitative estimate of drug-likeness (QED) is 0.620. The van der Waals surface area contributed by atoms with Crippen molar-refractivity contribution in [3.63, 3.8) is 0 Å². The highest BCUT2D eigenvalue weighted by Gasteiger charge is 2.30. The lowest BCUT2D eigenvalue weighted by Gasteiger charge is -2.20. The van der Waals surface area contributed by atoms with E-state index in [0.29, 0.717) is 10.6 Å². The largest absolute Gasteiger partial charge is 0.447 e. The predicted octanol–water partition coefficient (Wildman–Crippen LogP) is 3.04. The molecule has 0 saturated heterocycles. The topological polar surface area (TPSA) is 43.4 Å². The third-order valence-corrected chi connectivity index (χ3v) is 2.61. The van der Waals surface area contributed by atoms with E-state index in [1.54, 1.807) is 12.1 Å². The Morgan fingerprint density at radius 2 is 1.69 bits per heavy atom. The smallest absolute Gasteiger partial charge is 0.339 e. The first kappa shape index (κ1) is 13.0. The van der Waals surface area contributed by atoms with E-state index in [1.165, 1.54) is 26.0 Å². The first-order valence-electron chi connectivity index (χ1n) is 4.52. The maximum absolute atomic E-state index is 11.6. The molecule has 0 fully saturated rings. The van der Waals surface area contributed by atoms with Gasteiger partial charge in [-0.1, -0.05) is 11.6 Å². The molecule has 1 aromatic carbocycles. The molecule has 1 aromatic rings. The zero-order valence-electron chi connectivity index (χ0n) is 8.79. The van der Waals surface area contributed by atoms with Crippen LogP contribution in [-0.2, 0) is 9.53 Å². The second-order valence-electron chi connectivity index (χ2n) is 3.68.